The molecule has 106 valence electrons. The highest BCUT2D eigenvalue weighted by Gasteiger charge is 2.32. The van der Waals surface area contributed by atoms with Crippen molar-refractivity contribution in [2.45, 2.75) is 45.3 Å². The average molecular weight is 281 g/mol. The number of hydrogen-bond acceptors (Lipinski definition) is 4. The minimum absolute atomic E-state index is 0.160. The van der Waals surface area contributed by atoms with Crippen molar-refractivity contribution in [1.82, 2.24) is 14.7 Å². The lowest BCUT2D eigenvalue weighted by Gasteiger charge is -2.36. The number of nitrogens with one attached hydrogen (secondary N) is 1. The summed E-state index contributed by atoms with van der Waals surface area (Å²) >= 11 is 1.67. The first-order chi connectivity index (χ1) is 9.12. The number of rotatable bonds is 7. The molecule has 2 atom stereocenters. The van der Waals surface area contributed by atoms with Gasteiger partial charge in [-0.25, -0.2) is 4.98 Å². The molecule has 0 bridgehead atoms. The van der Waals surface area contributed by atoms with Crippen molar-refractivity contribution in [3.63, 3.8) is 0 Å². The third-order valence-corrected chi connectivity index (χ3v) is 4.68. The number of imidazole rings is 1. The van der Waals surface area contributed by atoms with Gasteiger partial charge in [0.15, 0.2) is 4.96 Å². The number of thiazole rings is 1. The summed E-state index contributed by atoms with van der Waals surface area (Å²) in [5.74, 6) is 0. The summed E-state index contributed by atoms with van der Waals surface area (Å²) in [6, 6.07) is 0.275. The van der Waals surface area contributed by atoms with Gasteiger partial charge in [-0.3, -0.25) is 4.40 Å². The van der Waals surface area contributed by atoms with Crippen molar-refractivity contribution < 1.29 is 4.74 Å². The third kappa shape index (κ3) is 2.99. The zero-order chi connectivity index (χ0) is 13.9. The van der Waals surface area contributed by atoms with Crippen LogP contribution in [0.25, 0.3) is 4.96 Å². The highest BCUT2D eigenvalue weighted by Crippen LogP contribution is 2.23. The normalized spacial score (nSPS) is 16.6. The molecule has 0 aromatic carbocycles. The Balaban J connectivity index is 2.18. The molecule has 2 heterocycles. The van der Waals surface area contributed by atoms with Gasteiger partial charge in [0.25, 0.3) is 0 Å². The first kappa shape index (κ1) is 14.5. The number of aromatic nitrogens is 2. The van der Waals surface area contributed by atoms with Crippen LogP contribution >= 0.6 is 11.3 Å². The van der Waals surface area contributed by atoms with Crippen molar-refractivity contribution in [2.24, 2.45) is 0 Å². The number of likely N-dealkylation sites (N-methyl/N-ethyl adjacent to an activating group) is 1. The van der Waals surface area contributed by atoms with Crippen molar-refractivity contribution in [3.8, 4) is 0 Å². The van der Waals surface area contributed by atoms with Crippen LogP contribution in [0.5, 0.6) is 0 Å². The van der Waals surface area contributed by atoms with Crippen molar-refractivity contribution in [3.05, 3.63) is 23.5 Å². The SMILES string of the molecule is CCNC(Cc1cn2ccsc2n1)C(C)(CC)OC. The van der Waals surface area contributed by atoms with E-state index in [0.29, 0.717) is 0 Å². The van der Waals surface area contributed by atoms with E-state index in [-0.39, 0.29) is 11.6 Å². The average Bonchev–Trinajstić information content (AvgIpc) is 2.98. The zero-order valence-electron chi connectivity index (χ0n) is 12.1. The van der Waals surface area contributed by atoms with Crippen LogP contribution in [0.4, 0.5) is 0 Å². The molecule has 2 aromatic rings. The van der Waals surface area contributed by atoms with Gasteiger partial charge in [0.05, 0.1) is 11.3 Å². The molecular formula is C14H23N3OS. The van der Waals surface area contributed by atoms with Gasteiger partial charge in [0.1, 0.15) is 0 Å². The Morgan fingerprint density at radius 1 is 1.53 bits per heavy atom. The molecule has 0 aliphatic carbocycles. The molecule has 0 saturated heterocycles. The van der Waals surface area contributed by atoms with Crippen molar-refractivity contribution in [1.29, 1.82) is 0 Å². The Morgan fingerprint density at radius 2 is 2.32 bits per heavy atom. The maximum Gasteiger partial charge on any atom is 0.193 e. The van der Waals surface area contributed by atoms with E-state index in [4.69, 9.17) is 4.74 Å². The fourth-order valence-electron chi connectivity index (χ4n) is 2.37. The molecule has 2 rings (SSSR count). The largest absolute Gasteiger partial charge is 0.377 e. The van der Waals surface area contributed by atoms with Crippen molar-refractivity contribution >= 4 is 16.3 Å². The summed E-state index contributed by atoms with van der Waals surface area (Å²) in [4.78, 5) is 5.72. The lowest BCUT2D eigenvalue weighted by molar-refractivity contribution is -0.0285. The number of methoxy groups -OCH3 is 1. The van der Waals surface area contributed by atoms with Gasteiger partial charge in [-0.2, -0.15) is 0 Å². The molecule has 0 aliphatic rings. The van der Waals surface area contributed by atoms with Crippen LogP contribution < -0.4 is 5.32 Å². The summed E-state index contributed by atoms with van der Waals surface area (Å²) in [7, 11) is 1.79. The van der Waals surface area contributed by atoms with Gasteiger partial charge in [-0.15, -0.1) is 11.3 Å². The van der Waals surface area contributed by atoms with E-state index in [1.807, 2.05) is 6.20 Å². The van der Waals surface area contributed by atoms with E-state index in [0.717, 1.165) is 30.0 Å². The first-order valence-electron chi connectivity index (χ1n) is 6.82. The molecule has 0 spiro atoms. The van der Waals surface area contributed by atoms with E-state index in [1.165, 1.54) is 0 Å². The number of fused-ring (bicyclic) bond motifs is 1. The second-order valence-corrected chi connectivity index (χ2v) is 5.88. The maximum atomic E-state index is 5.73. The highest BCUT2D eigenvalue weighted by atomic mass is 32.1. The molecule has 2 aromatic heterocycles. The Labute approximate surface area is 118 Å². The molecule has 0 radical (unpaired) electrons. The quantitative estimate of drug-likeness (QED) is 0.848. The summed E-state index contributed by atoms with van der Waals surface area (Å²) in [6.45, 7) is 7.40. The second-order valence-electron chi connectivity index (χ2n) is 5.01. The van der Waals surface area contributed by atoms with Gasteiger partial charge < -0.3 is 10.1 Å². The Hall–Kier alpha value is -0.910. The number of nitrogens with zero attached hydrogens (tertiary/aromatic N) is 2. The van der Waals surface area contributed by atoms with Gasteiger partial charge in [-0.05, 0) is 19.9 Å². The van der Waals surface area contributed by atoms with Crippen LogP contribution in [-0.2, 0) is 11.2 Å². The Kier molecular flexibility index (Phi) is 4.60. The third-order valence-electron chi connectivity index (χ3n) is 3.91. The summed E-state index contributed by atoms with van der Waals surface area (Å²) in [5, 5.41) is 5.59. The predicted octanol–water partition coefficient (Wildman–Crippen LogP) is 2.73. The van der Waals surface area contributed by atoms with E-state index in [2.05, 4.69) is 47.0 Å². The standard InChI is InChI=1S/C14H23N3OS/c1-5-14(3,18-4)12(15-6-2)9-11-10-17-7-8-19-13(17)16-11/h7-8,10,12,15H,5-6,9H2,1-4H3. The topological polar surface area (TPSA) is 38.6 Å². The van der Waals surface area contributed by atoms with E-state index >= 15 is 0 Å². The first-order valence-corrected chi connectivity index (χ1v) is 7.70. The van der Waals surface area contributed by atoms with Crippen LogP contribution in [0.15, 0.2) is 17.8 Å². The maximum absolute atomic E-state index is 5.73. The molecule has 5 heteroatoms. The predicted molar refractivity (Wildman–Crippen MR) is 79.9 cm³/mol. The molecule has 0 saturated carbocycles. The van der Waals surface area contributed by atoms with E-state index < -0.39 is 0 Å². The van der Waals surface area contributed by atoms with E-state index in [1.54, 1.807) is 18.4 Å². The zero-order valence-corrected chi connectivity index (χ0v) is 13.0. The number of hydrogen-bond donors (Lipinski definition) is 1. The smallest absolute Gasteiger partial charge is 0.193 e. The lowest BCUT2D eigenvalue weighted by Crippen LogP contribution is -2.51. The summed E-state index contributed by atoms with van der Waals surface area (Å²) in [5.41, 5.74) is 0.960. The van der Waals surface area contributed by atoms with E-state index in [9.17, 15) is 0 Å². The van der Waals surface area contributed by atoms with Crippen LogP contribution in [0.2, 0.25) is 0 Å². The van der Waals surface area contributed by atoms with Gasteiger partial charge >= 0.3 is 0 Å². The summed E-state index contributed by atoms with van der Waals surface area (Å²) in [6.07, 6.45) is 6.03. The Morgan fingerprint density at radius 3 is 2.89 bits per heavy atom. The van der Waals surface area contributed by atoms with Gasteiger partial charge in [0, 0.05) is 37.3 Å². The molecule has 4 nitrogen and oxygen atoms in total. The van der Waals surface area contributed by atoms with Crippen molar-refractivity contribution in [2.75, 3.05) is 13.7 Å². The minimum atomic E-state index is -0.160. The fraction of sp³-hybridized carbons (Fsp3) is 0.643. The molecule has 19 heavy (non-hydrogen) atoms. The van der Waals surface area contributed by atoms with Crippen LogP contribution in [0.3, 0.4) is 0 Å². The highest BCUT2D eigenvalue weighted by molar-refractivity contribution is 7.15. The summed E-state index contributed by atoms with van der Waals surface area (Å²) < 4.78 is 7.82. The van der Waals surface area contributed by atoms with Crippen LogP contribution in [-0.4, -0.2) is 34.7 Å². The van der Waals surface area contributed by atoms with Crippen LogP contribution in [0, 0.1) is 0 Å². The Bertz CT molecular complexity index is 487. The number of ether oxygens (including phenoxy) is 1. The fourth-order valence-corrected chi connectivity index (χ4v) is 3.09. The molecule has 0 fully saturated rings. The van der Waals surface area contributed by atoms with Gasteiger partial charge in [-0.1, -0.05) is 13.8 Å². The molecule has 1 N–H and O–H groups in total. The van der Waals surface area contributed by atoms with Gasteiger partial charge in [0.2, 0.25) is 0 Å². The monoisotopic (exact) mass is 281 g/mol. The molecule has 2 unspecified atom stereocenters. The second kappa shape index (κ2) is 6.03. The minimum Gasteiger partial charge on any atom is -0.377 e. The lowest BCUT2D eigenvalue weighted by atomic mass is 9.89. The molecule has 0 amide bonds. The van der Waals surface area contributed by atoms with Crippen LogP contribution in [0.1, 0.15) is 32.9 Å². The molecular weight excluding hydrogens is 258 g/mol. The molecule has 0 aliphatic heterocycles.